The van der Waals surface area contributed by atoms with Crippen molar-refractivity contribution in [1.82, 2.24) is 0 Å². The van der Waals surface area contributed by atoms with Crippen LogP contribution < -0.4 is 0 Å². The molecule has 0 saturated carbocycles. The fraction of sp³-hybridized carbons (Fsp3) is 0. The first-order chi connectivity index (χ1) is 24.3. The van der Waals surface area contributed by atoms with E-state index in [1.807, 2.05) is 0 Å². The molecule has 0 radical (unpaired) electrons. The van der Waals surface area contributed by atoms with Crippen LogP contribution in [0.1, 0.15) is 0 Å². The minimum Gasteiger partial charge on any atom is -0.455 e. The summed E-state index contributed by atoms with van der Waals surface area (Å²) in [4.78, 5) is 0. The summed E-state index contributed by atoms with van der Waals surface area (Å²) in [7, 11) is 0. The van der Waals surface area contributed by atoms with E-state index in [2.05, 4.69) is 170 Å². The van der Waals surface area contributed by atoms with Crippen LogP contribution in [0.3, 0.4) is 0 Å². The molecule has 0 unspecified atom stereocenters. The second-order valence-electron chi connectivity index (χ2n) is 13.2. The third-order valence-corrected chi connectivity index (χ3v) is 10.6. The van der Waals surface area contributed by atoms with Gasteiger partial charge in [0.25, 0.3) is 0 Å². The van der Waals surface area contributed by atoms with Crippen LogP contribution >= 0.6 is 0 Å². The van der Waals surface area contributed by atoms with E-state index >= 15 is 0 Å². The Morgan fingerprint density at radius 2 is 0.816 bits per heavy atom. The molecule has 0 aliphatic carbocycles. The second-order valence-corrected chi connectivity index (χ2v) is 13.2. The van der Waals surface area contributed by atoms with E-state index in [1.165, 1.54) is 81.5 Å². The molecule has 0 aliphatic heterocycles. The van der Waals surface area contributed by atoms with Gasteiger partial charge >= 0.3 is 0 Å². The van der Waals surface area contributed by atoms with Gasteiger partial charge in [-0.1, -0.05) is 146 Å². The molecule has 0 N–H and O–H groups in total. The van der Waals surface area contributed by atoms with E-state index in [9.17, 15) is 0 Å². The molecule has 226 valence electrons. The molecule has 10 aromatic carbocycles. The molecule has 0 fully saturated rings. The number of fused-ring (bicyclic) bond motifs is 12. The fourth-order valence-corrected chi connectivity index (χ4v) is 8.47. The van der Waals surface area contributed by atoms with Crippen molar-refractivity contribution in [2.75, 3.05) is 0 Å². The molecule has 0 amide bonds. The SMILES string of the molecule is c1ccc2c(c1)ccc1ccc(-c3c4ccccc4c(-c4cccc5oc6c7ccc8ccccc8c7ccc6c45)c4ccccc34)cc12. The molecule has 49 heavy (non-hydrogen) atoms. The van der Waals surface area contributed by atoms with Gasteiger partial charge < -0.3 is 4.42 Å². The van der Waals surface area contributed by atoms with Crippen molar-refractivity contribution >= 4 is 86.6 Å². The lowest BCUT2D eigenvalue weighted by Crippen LogP contribution is -1.91. The van der Waals surface area contributed by atoms with Crippen LogP contribution in [-0.2, 0) is 0 Å². The van der Waals surface area contributed by atoms with Gasteiger partial charge in [0.15, 0.2) is 0 Å². The molecule has 1 nitrogen and oxygen atoms in total. The van der Waals surface area contributed by atoms with Gasteiger partial charge in [-0.25, -0.2) is 0 Å². The summed E-state index contributed by atoms with van der Waals surface area (Å²) >= 11 is 0. The normalized spacial score (nSPS) is 12.1. The quantitative estimate of drug-likeness (QED) is 0.138. The molecule has 0 spiro atoms. The number of hydrogen-bond donors (Lipinski definition) is 0. The standard InChI is InChI=1S/C48H28O/c1-3-12-33-30(11-1)24-25-40-35(33)26-27-42-47-41(18-9-19-44(47)49-48(40)42)46-38-16-7-5-14-36(38)45(37-15-6-8-17-39(37)46)32-23-22-31-21-20-29-10-2-4-13-34(29)43(31)28-32/h1-28H. The summed E-state index contributed by atoms with van der Waals surface area (Å²) in [5, 5.41) is 17.2. The lowest BCUT2D eigenvalue weighted by atomic mass is 9.84. The maximum Gasteiger partial charge on any atom is 0.143 e. The van der Waals surface area contributed by atoms with Crippen molar-refractivity contribution in [2.24, 2.45) is 0 Å². The Hall–Kier alpha value is -6.44. The van der Waals surface area contributed by atoms with Crippen LogP contribution in [0.15, 0.2) is 174 Å². The van der Waals surface area contributed by atoms with Crippen LogP contribution in [0.2, 0.25) is 0 Å². The molecular formula is C48H28O. The first kappa shape index (κ1) is 26.6. The third kappa shape index (κ3) is 3.76. The van der Waals surface area contributed by atoms with Gasteiger partial charge in [-0.05, 0) is 106 Å². The Kier molecular flexibility index (Phi) is 5.45. The van der Waals surface area contributed by atoms with Crippen molar-refractivity contribution in [1.29, 1.82) is 0 Å². The van der Waals surface area contributed by atoms with E-state index in [0.29, 0.717) is 0 Å². The zero-order chi connectivity index (χ0) is 32.1. The number of furan rings is 1. The highest BCUT2D eigenvalue weighted by Crippen LogP contribution is 2.48. The molecule has 0 aliphatic rings. The smallest absolute Gasteiger partial charge is 0.143 e. The maximum absolute atomic E-state index is 6.77. The molecule has 1 heteroatoms. The summed E-state index contributed by atoms with van der Waals surface area (Å²) in [6, 6.07) is 62.1. The summed E-state index contributed by atoms with van der Waals surface area (Å²) < 4.78 is 6.77. The molecular weight excluding hydrogens is 593 g/mol. The zero-order valence-corrected chi connectivity index (χ0v) is 26.6. The summed E-state index contributed by atoms with van der Waals surface area (Å²) in [6.45, 7) is 0. The predicted molar refractivity (Wildman–Crippen MR) is 210 cm³/mol. The van der Waals surface area contributed by atoms with Gasteiger partial charge in [-0.2, -0.15) is 0 Å². The lowest BCUT2D eigenvalue weighted by molar-refractivity contribution is 0.673. The highest BCUT2D eigenvalue weighted by Gasteiger charge is 2.21. The summed E-state index contributed by atoms with van der Waals surface area (Å²) in [5.74, 6) is 0. The van der Waals surface area contributed by atoms with Gasteiger partial charge in [0.2, 0.25) is 0 Å². The maximum atomic E-state index is 6.77. The largest absolute Gasteiger partial charge is 0.455 e. The minimum absolute atomic E-state index is 0.909. The lowest BCUT2D eigenvalue weighted by Gasteiger charge is -2.18. The van der Waals surface area contributed by atoms with Crippen molar-refractivity contribution in [3.05, 3.63) is 170 Å². The van der Waals surface area contributed by atoms with Crippen molar-refractivity contribution in [3.63, 3.8) is 0 Å². The van der Waals surface area contributed by atoms with Crippen molar-refractivity contribution < 1.29 is 4.42 Å². The molecule has 0 saturated heterocycles. The number of rotatable bonds is 2. The van der Waals surface area contributed by atoms with E-state index in [1.54, 1.807) is 0 Å². The highest BCUT2D eigenvalue weighted by atomic mass is 16.3. The third-order valence-electron chi connectivity index (χ3n) is 10.6. The van der Waals surface area contributed by atoms with Crippen LogP contribution in [0, 0.1) is 0 Å². The monoisotopic (exact) mass is 620 g/mol. The Labute approximate surface area is 282 Å². The Morgan fingerprint density at radius 3 is 1.51 bits per heavy atom. The molecule has 0 atom stereocenters. The average Bonchev–Trinajstić information content (AvgIpc) is 3.56. The molecule has 0 bridgehead atoms. The Morgan fingerprint density at radius 1 is 0.306 bits per heavy atom. The first-order valence-electron chi connectivity index (χ1n) is 16.9. The van der Waals surface area contributed by atoms with Crippen LogP contribution in [0.4, 0.5) is 0 Å². The molecule has 11 rings (SSSR count). The first-order valence-corrected chi connectivity index (χ1v) is 16.9. The average molecular weight is 621 g/mol. The number of benzene rings is 10. The van der Waals surface area contributed by atoms with E-state index in [-0.39, 0.29) is 0 Å². The van der Waals surface area contributed by atoms with Gasteiger partial charge in [-0.3, -0.25) is 0 Å². The van der Waals surface area contributed by atoms with E-state index in [0.717, 1.165) is 27.3 Å². The summed E-state index contributed by atoms with van der Waals surface area (Å²) in [5.41, 5.74) is 6.79. The minimum atomic E-state index is 0.909. The Balaban J connectivity index is 1.24. The van der Waals surface area contributed by atoms with Gasteiger partial charge in [0.05, 0.1) is 0 Å². The van der Waals surface area contributed by atoms with Gasteiger partial charge in [0.1, 0.15) is 11.2 Å². The van der Waals surface area contributed by atoms with E-state index in [4.69, 9.17) is 4.42 Å². The van der Waals surface area contributed by atoms with Gasteiger partial charge in [-0.15, -0.1) is 0 Å². The molecule has 11 aromatic rings. The highest BCUT2D eigenvalue weighted by molar-refractivity contribution is 6.28. The second kappa shape index (κ2) is 10.0. The fourth-order valence-electron chi connectivity index (χ4n) is 8.47. The van der Waals surface area contributed by atoms with E-state index < -0.39 is 0 Å². The van der Waals surface area contributed by atoms with Crippen LogP contribution in [-0.4, -0.2) is 0 Å². The van der Waals surface area contributed by atoms with Crippen LogP contribution in [0.25, 0.3) is 109 Å². The molecule has 1 heterocycles. The van der Waals surface area contributed by atoms with Crippen molar-refractivity contribution in [3.8, 4) is 22.3 Å². The molecule has 1 aromatic heterocycles. The zero-order valence-electron chi connectivity index (χ0n) is 26.6. The van der Waals surface area contributed by atoms with Crippen molar-refractivity contribution in [2.45, 2.75) is 0 Å². The van der Waals surface area contributed by atoms with Gasteiger partial charge in [0, 0.05) is 16.2 Å². The van der Waals surface area contributed by atoms with Crippen LogP contribution in [0.5, 0.6) is 0 Å². The summed E-state index contributed by atoms with van der Waals surface area (Å²) in [6.07, 6.45) is 0. The number of hydrogen-bond acceptors (Lipinski definition) is 1. The topological polar surface area (TPSA) is 13.1 Å². The Bertz CT molecular complexity index is 3100. The predicted octanol–water partition coefficient (Wildman–Crippen LogP) is 13.8.